The molecule has 1 aliphatic heterocycles. The molecule has 0 radical (unpaired) electrons. The van der Waals surface area contributed by atoms with Crippen LogP contribution in [0.3, 0.4) is 0 Å². The first-order valence-corrected chi connectivity index (χ1v) is 8.56. The summed E-state index contributed by atoms with van der Waals surface area (Å²) in [5.41, 5.74) is 2.31. The molecule has 0 fully saturated rings. The Bertz CT molecular complexity index is 815. The molecule has 1 heterocycles. The summed E-state index contributed by atoms with van der Waals surface area (Å²) in [6, 6.07) is 12.8. The van der Waals surface area contributed by atoms with Crippen LogP contribution in [0.15, 0.2) is 42.5 Å². The van der Waals surface area contributed by atoms with Gasteiger partial charge in [0.25, 0.3) is 11.8 Å². The molecule has 136 valence electrons. The minimum Gasteiger partial charge on any atom is -0.482 e. The third kappa shape index (κ3) is 4.14. The molecule has 6 heteroatoms. The normalized spacial score (nSPS) is 14.1. The number of hydrogen-bond acceptors (Lipinski definition) is 4. The van der Waals surface area contributed by atoms with E-state index in [-0.39, 0.29) is 18.4 Å². The molecule has 0 aromatic heterocycles. The van der Waals surface area contributed by atoms with Crippen LogP contribution in [0.5, 0.6) is 11.5 Å². The van der Waals surface area contributed by atoms with Crippen LogP contribution in [0.2, 0.25) is 0 Å². The SMILES string of the molecule is CC(C)c1ccc(O[C@@H](C)C(=O)Nc2ccc3c(c2)NC(=O)CO3)cc1. The number of ether oxygens (including phenoxy) is 2. The number of rotatable bonds is 5. The van der Waals surface area contributed by atoms with Crippen molar-refractivity contribution >= 4 is 23.2 Å². The van der Waals surface area contributed by atoms with Crippen LogP contribution in [0.4, 0.5) is 11.4 Å². The van der Waals surface area contributed by atoms with Crippen LogP contribution in [-0.2, 0) is 9.59 Å². The molecule has 0 bridgehead atoms. The molecule has 0 saturated heterocycles. The quantitative estimate of drug-likeness (QED) is 0.861. The van der Waals surface area contributed by atoms with Crippen LogP contribution >= 0.6 is 0 Å². The molecule has 3 rings (SSSR count). The fraction of sp³-hybridized carbons (Fsp3) is 0.300. The lowest BCUT2D eigenvalue weighted by atomic mass is 10.0. The number of anilines is 2. The van der Waals surface area contributed by atoms with E-state index in [1.165, 1.54) is 5.56 Å². The lowest BCUT2D eigenvalue weighted by Crippen LogP contribution is -2.30. The Hall–Kier alpha value is -3.02. The standard InChI is InChI=1S/C20H22N2O4/c1-12(2)14-4-7-16(8-5-14)26-13(3)20(24)21-15-6-9-18-17(10-15)22-19(23)11-25-18/h4-10,12-13H,11H2,1-3H3,(H,21,24)(H,22,23)/t13-/m0/s1. The van der Waals surface area contributed by atoms with E-state index in [4.69, 9.17) is 9.47 Å². The zero-order valence-corrected chi connectivity index (χ0v) is 15.0. The van der Waals surface area contributed by atoms with Crippen LogP contribution in [0.25, 0.3) is 0 Å². The third-order valence-corrected chi connectivity index (χ3v) is 4.11. The van der Waals surface area contributed by atoms with Crippen LogP contribution in [-0.4, -0.2) is 24.5 Å². The molecule has 2 aromatic carbocycles. The molecule has 1 atom stereocenters. The van der Waals surface area contributed by atoms with E-state index >= 15 is 0 Å². The van der Waals surface area contributed by atoms with Crippen molar-refractivity contribution in [1.29, 1.82) is 0 Å². The molecular weight excluding hydrogens is 332 g/mol. The monoisotopic (exact) mass is 354 g/mol. The zero-order valence-electron chi connectivity index (χ0n) is 15.0. The molecular formula is C20H22N2O4. The predicted octanol–water partition coefficient (Wildman–Crippen LogP) is 3.55. The highest BCUT2D eigenvalue weighted by Gasteiger charge is 2.19. The minimum atomic E-state index is -0.665. The lowest BCUT2D eigenvalue weighted by molar-refractivity contribution is -0.122. The molecule has 0 saturated carbocycles. The van der Waals surface area contributed by atoms with E-state index in [1.54, 1.807) is 25.1 Å². The van der Waals surface area contributed by atoms with Gasteiger partial charge in [0.05, 0.1) is 5.69 Å². The van der Waals surface area contributed by atoms with Gasteiger partial charge in [0.2, 0.25) is 0 Å². The second-order valence-electron chi connectivity index (χ2n) is 6.52. The highest BCUT2D eigenvalue weighted by molar-refractivity contribution is 5.98. The average molecular weight is 354 g/mol. The number of amides is 2. The third-order valence-electron chi connectivity index (χ3n) is 4.11. The van der Waals surface area contributed by atoms with Crippen LogP contribution in [0, 0.1) is 0 Å². The smallest absolute Gasteiger partial charge is 0.265 e. The second kappa shape index (κ2) is 7.47. The summed E-state index contributed by atoms with van der Waals surface area (Å²) in [5.74, 6) is 1.17. The van der Waals surface area contributed by atoms with Crippen molar-refractivity contribution < 1.29 is 19.1 Å². The van der Waals surface area contributed by atoms with E-state index < -0.39 is 6.10 Å². The molecule has 2 N–H and O–H groups in total. The number of nitrogens with one attached hydrogen (secondary N) is 2. The largest absolute Gasteiger partial charge is 0.482 e. The van der Waals surface area contributed by atoms with Crippen molar-refractivity contribution in [3.63, 3.8) is 0 Å². The molecule has 6 nitrogen and oxygen atoms in total. The van der Waals surface area contributed by atoms with Gasteiger partial charge in [-0.05, 0) is 48.7 Å². The van der Waals surface area contributed by atoms with Gasteiger partial charge >= 0.3 is 0 Å². The predicted molar refractivity (Wildman–Crippen MR) is 99.8 cm³/mol. The Labute approximate surface area is 152 Å². The Morgan fingerprint density at radius 1 is 1.15 bits per heavy atom. The fourth-order valence-electron chi connectivity index (χ4n) is 2.59. The van der Waals surface area contributed by atoms with E-state index in [0.29, 0.717) is 28.8 Å². The van der Waals surface area contributed by atoms with Gasteiger partial charge in [0.1, 0.15) is 11.5 Å². The van der Waals surface area contributed by atoms with Gasteiger partial charge < -0.3 is 20.1 Å². The summed E-state index contributed by atoms with van der Waals surface area (Å²) in [6.45, 7) is 5.93. The van der Waals surface area contributed by atoms with Gasteiger partial charge in [0, 0.05) is 5.69 Å². The Kier molecular flexibility index (Phi) is 5.11. The van der Waals surface area contributed by atoms with Gasteiger partial charge in [-0.1, -0.05) is 26.0 Å². The van der Waals surface area contributed by atoms with E-state index in [9.17, 15) is 9.59 Å². The second-order valence-corrected chi connectivity index (χ2v) is 6.52. The molecule has 0 aliphatic carbocycles. The molecule has 26 heavy (non-hydrogen) atoms. The number of fused-ring (bicyclic) bond motifs is 1. The van der Waals surface area contributed by atoms with Crippen molar-refractivity contribution in [1.82, 2.24) is 0 Å². The van der Waals surface area contributed by atoms with E-state index in [1.807, 2.05) is 24.3 Å². The van der Waals surface area contributed by atoms with Gasteiger partial charge in [-0.2, -0.15) is 0 Å². The summed E-state index contributed by atoms with van der Waals surface area (Å²) < 4.78 is 11.0. The lowest BCUT2D eigenvalue weighted by Gasteiger charge is -2.19. The van der Waals surface area contributed by atoms with Crippen LogP contribution < -0.4 is 20.1 Å². The van der Waals surface area contributed by atoms with Crippen LogP contribution in [0.1, 0.15) is 32.3 Å². The average Bonchev–Trinajstić information content (AvgIpc) is 2.61. The number of benzene rings is 2. The van der Waals surface area contributed by atoms with E-state index in [2.05, 4.69) is 24.5 Å². The number of hydrogen-bond donors (Lipinski definition) is 2. The molecule has 1 aliphatic rings. The summed E-state index contributed by atoms with van der Waals surface area (Å²) in [4.78, 5) is 23.8. The van der Waals surface area contributed by atoms with Gasteiger partial charge in [-0.15, -0.1) is 0 Å². The molecule has 2 aromatic rings. The summed E-state index contributed by atoms with van der Waals surface area (Å²) in [6.07, 6.45) is -0.665. The Morgan fingerprint density at radius 3 is 2.58 bits per heavy atom. The first-order chi connectivity index (χ1) is 12.4. The summed E-state index contributed by atoms with van der Waals surface area (Å²) in [5, 5.41) is 5.50. The fourth-order valence-corrected chi connectivity index (χ4v) is 2.59. The summed E-state index contributed by atoms with van der Waals surface area (Å²) in [7, 11) is 0. The molecule has 0 unspecified atom stereocenters. The maximum Gasteiger partial charge on any atom is 0.265 e. The Morgan fingerprint density at radius 2 is 1.88 bits per heavy atom. The topological polar surface area (TPSA) is 76.7 Å². The number of carbonyl (C=O) groups is 2. The molecule has 0 spiro atoms. The molecule has 2 amide bonds. The van der Waals surface area contributed by atoms with Crippen molar-refractivity contribution in [2.75, 3.05) is 17.2 Å². The van der Waals surface area contributed by atoms with Crippen molar-refractivity contribution in [3.8, 4) is 11.5 Å². The maximum atomic E-state index is 12.4. The maximum absolute atomic E-state index is 12.4. The zero-order chi connectivity index (χ0) is 18.7. The van der Waals surface area contributed by atoms with Crippen molar-refractivity contribution in [2.24, 2.45) is 0 Å². The Balaban J connectivity index is 1.62. The van der Waals surface area contributed by atoms with Gasteiger partial charge in [-0.25, -0.2) is 0 Å². The van der Waals surface area contributed by atoms with Gasteiger partial charge in [0.15, 0.2) is 12.7 Å². The summed E-state index contributed by atoms with van der Waals surface area (Å²) >= 11 is 0. The van der Waals surface area contributed by atoms with Gasteiger partial charge in [-0.3, -0.25) is 9.59 Å². The first kappa shape index (κ1) is 17.8. The van der Waals surface area contributed by atoms with Crippen molar-refractivity contribution in [3.05, 3.63) is 48.0 Å². The highest BCUT2D eigenvalue weighted by atomic mass is 16.5. The van der Waals surface area contributed by atoms with Crippen molar-refractivity contribution in [2.45, 2.75) is 32.8 Å². The minimum absolute atomic E-state index is 0.000815. The highest BCUT2D eigenvalue weighted by Crippen LogP contribution is 2.30. The number of carbonyl (C=O) groups excluding carboxylic acids is 2. The van der Waals surface area contributed by atoms with E-state index in [0.717, 1.165) is 0 Å². The first-order valence-electron chi connectivity index (χ1n) is 8.56.